The first-order valence-corrected chi connectivity index (χ1v) is 5.90. The zero-order chi connectivity index (χ0) is 13.1. The summed E-state index contributed by atoms with van der Waals surface area (Å²) in [6.45, 7) is 4.10. The van der Waals surface area contributed by atoms with E-state index in [9.17, 15) is 9.59 Å². The number of hydrogen-bond donors (Lipinski definition) is 2. The standard InChI is InChI=1S/C12H21NO4/c1-12(2)6-4-5-8(12)10(14)13-9(7-17-3)11(15)16/h8-9H,4-7H2,1-3H3,(H,13,14)(H,15,16). The van der Waals surface area contributed by atoms with E-state index >= 15 is 0 Å². The molecule has 0 aromatic heterocycles. The highest BCUT2D eigenvalue weighted by Crippen LogP contribution is 2.42. The first-order valence-electron chi connectivity index (χ1n) is 5.90. The number of aliphatic carboxylic acids is 1. The molecule has 0 bridgehead atoms. The summed E-state index contributed by atoms with van der Waals surface area (Å²) in [4.78, 5) is 22.9. The van der Waals surface area contributed by atoms with Crippen LogP contribution in [0.5, 0.6) is 0 Å². The SMILES string of the molecule is COCC(NC(=O)C1CCCC1(C)C)C(=O)O. The number of carbonyl (C=O) groups is 2. The van der Waals surface area contributed by atoms with Crippen LogP contribution in [-0.2, 0) is 14.3 Å². The van der Waals surface area contributed by atoms with Crippen LogP contribution in [-0.4, -0.2) is 36.7 Å². The van der Waals surface area contributed by atoms with Crippen molar-refractivity contribution in [1.29, 1.82) is 0 Å². The Labute approximate surface area is 102 Å². The van der Waals surface area contributed by atoms with Gasteiger partial charge < -0.3 is 15.2 Å². The van der Waals surface area contributed by atoms with Gasteiger partial charge in [0.25, 0.3) is 0 Å². The number of carboxylic acid groups (broad SMARTS) is 1. The van der Waals surface area contributed by atoms with E-state index in [0.717, 1.165) is 19.3 Å². The lowest BCUT2D eigenvalue weighted by molar-refractivity contribution is -0.144. The van der Waals surface area contributed by atoms with Crippen molar-refractivity contribution in [2.45, 2.75) is 39.2 Å². The van der Waals surface area contributed by atoms with E-state index < -0.39 is 12.0 Å². The Morgan fingerprint density at radius 2 is 2.18 bits per heavy atom. The molecule has 17 heavy (non-hydrogen) atoms. The summed E-state index contributed by atoms with van der Waals surface area (Å²) >= 11 is 0. The first kappa shape index (κ1) is 14.0. The van der Waals surface area contributed by atoms with Gasteiger partial charge in [-0.15, -0.1) is 0 Å². The number of nitrogens with one attached hydrogen (secondary N) is 1. The van der Waals surface area contributed by atoms with Crippen LogP contribution in [0, 0.1) is 11.3 Å². The van der Waals surface area contributed by atoms with Crippen molar-refractivity contribution in [1.82, 2.24) is 5.32 Å². The van der Waals surface area contributed by atoms with E-state index in [1.54, 1.807) is 0 Å². The predicted molar refractivity (Wildman–Crippen MR) is 62.6 cm³/mol. The fourth-order valence-corrected chi connectivity index (χ4v) is 2.43. The lowest BCUT2D eigenvalue weighted by Crippen LogP contribution is -2.47. The van der Waals surface area contributed by atoms with Crippen LogP contribution in [0.2, 0.25) is 0 Å². The highest BCUT2D eigenvalue weighted by molar-refractivity contribution is 5.85. The molecule has 2 atom stereocenters. The fraction of sp³-hybridized carbons (Fsp3) is 0.833. The molecule has 0 heterocycles. The van der Waals surface area contributed by atoms with Gasteiger partial charge in [-0.05, 0) is 18.3 Å². The average molecular weight is 243 g/mol. The number of amides is 1. The minimum Gasteiger partial charge on any atom is -0.480 e. The highest BCUT2D eigenvalue weighted by Gasteiger charge is 2.40. The minimum absolute atomic E-state index is 0.00573. The van der Waals surface area contributed by atoms with Crippen LogP contribution in [0.25, 0.3) is 0 Å². The molecule has 1 amide bonds. The van der Waals surface area contributed by atoms with Crippen molar-refractivity contribution < 1.29 is 19.4 Å². The van der Waals surface area contributed by atoms with Crippen LogP contribution in [0.1, 0.15) is 33.1 Å². The van der Waals surface area contributed by atoms with Crippen molar-refractivity contribution in [3.05, 3.63) is 0 Å². The van der Waals surface area contributed by atoms with Crippen molar-refractivity contribution in [2.75, 3.05) is 13.7 Å². The molecule has 98 valence electrons. The zero-order valence-corrected chi connectivity index (χ0v) is 10.7. The number of carbonyl (C=O) groups excluding carboxylic acids is 1. The number of ether oxygens (including phenoxy) is 1. The van der Waals surface area contributed by atoms with Crippen LogP contribution < -0.4 is 5.32 Å². The minimum atomic E-state index is -1.06. The van der Waals surface area contributed by atoms with Gasteiger partial charge in [-0.25, -0.2) is 4.79 Å². The van der Waals surface area contributed by atoms with Gasteiger partial charge in [-0.2, -0.15) is 0 Å². The summed E-state index contributed by atoms with van der Waals surface area (Å²) in [7, 11) is 1.42. The van der Waals surface area contributed by atoms with Gasteiger partial charge in [0, 0.05) is 13.0 Å². The lowest BCUT2D eigenvalue weighted by Gasteiger charge is -2.27. The molecule has 1 aliphatic carbocycles. The van der Waals surface area contributed by atoms with Crippen LogP contribution in [0.15, 0.2) is 0 Å². The number of hydrogen-bond acceptors (Lipinski definition) is 3. The topological polar surface area (TPSA) is 75.6 Å². The zero-order valence-electron chi connectivity index (χ0n) is 10.7. The maximum Gasteiger partial charge on any atom is 0.328 e. The summed E-state index contributed by atoms with van der Waals surface area (Å²) in [6.07, 6.45) is 2.86. The summed E-state index contributed by atoms with van der Waals surface area (Å²) in [5.41, 5.74) is -0.0415. The summed E-state index contributed by atoms with van der Waals surface area (Å²) in [6, 6.07) is -0.955. The Morgan fingerprint density at radius 3 is 2.59 bits per heavy atom. The second kappa shape index (κ2) is 5.49. The largest absolute Gasteiger partial charge is 0.480 e. The van der Waals surface area contributed by atoms with Gasteiger partial charge in [0.05, 0.1) is 6.61 Å². The third-order valence-electron chi connectivity index (χ3n) is 3.52. The summed E-state index contributed by atoms with van der Waals surface area (Å²) < 4.78 is 4.79. The van der Waals surface area contributed by atoms with Crippen molar-refractivity contribution >= 4 is 11.9 Å². The van der Waals surface area contributed by atoms with Crippen molar-refractivity contribution in [3.63, 3.8) is 0 Å². The Kier molecular flexibility index (Phi) is 4.51. The number of carboxylic acids is 1. The lowest BCUT2D eigenvalue weighted by atomic mass is 9.81. The monoisotopic (exact) mass is 243 g/mol. The van der Waals surface area contributed by atoms with Gasteiger partial charge in [-0.3, -0.25) is 4.79 Å². The Hall–Kier alpha value is -1.10. The molecule has 0 aliphatic heterocycles. The van der Waals surface area contributed by atoms with Gasteiger partial charge in [0.2, 0.25) is 5.91 Å². The third kappa shape index (κ3) is 3.43. The van der Waals surface area contributed by atoms with E-state index in [0.29, 0.717) is 0 Å². The van der Waals surface area contributed by atoms with E-state index in [-0.39, 0.29) is 23.8 Å². The third-order valence-corrected chi connectivity index (χ3v) is 3.52. The Morgan fingerprint density at radius 1 is 1.53 bits per heavy atom. The maximum atomic E-state index is 12.0. The molecule has 5 nitrogen and oxygen atoms in total. The second-order valence-corrected chi connectivity index (χ2v) is 5.29. The highest BCUT2D eigenvalue weighted by atomic mass is 16.5. The smallest absolute Gasteiger partial charge is 0.328 e. The van der Waals surface area contributed by atoms with E-state index in [1.165, 1.54) is 7.11 Å². The molecule has 1 saturated carbocycles. The molecule has 1 aliphatic rings. The maximum absolute atomic E-state index is 12.0. The summed E-state index contributed by atoms with van der Waals surface area (Å²) in [5, 5.41) is 11.5. The molecule has 1 fully saturated rings. The number of methoxy groups -OCH3 is 1. The second-order valence-electron chi connectivity index (χ2n) is 5.29. The van der Waals surface area contributed by atoms with Crippen LogP contribution in [0.4, 0.5) is 0 Å². The first-order chi connectivity index (χ1) is 7.88. The molecule has 1 rings (SSSR count). The van der Waals surface area contributed by atoms with Crippen LogP contribution in [0.3, 0.4) is 0 Å². The van der Waals surface area contributed by atoms with Gasteiger partial charge >= 0.3 is 5.97 Å². The van der Waals surface area contributed by atoms with Gasteiger partial charge in [-0.1, -0.05) is 20.3 Å². The Balaban J connectivity index is 2.61. The molecule has 0 saturated heterocycles. The van der Waals surface area contributed by atoms with Gasteiger partial charge in [0.15, 0.2) is 6.04 Å². The summed E-state index contributed by atoms with van der Waals surface area (Å²) in [5.74, 6) is -1.32. The normalized spacial score (nSPS) is 24.3. The van der Waals surface area contributed by atoms with Crippen molar-refractivity contribution in [3.8, 4) is 0 Å². The molecular formula is C12H21NO4. The molecular weight excluding hydrogens is 222 g/mol. The molecule has 0 radical (unpaired) electrons. The Bertz CT molecular complexity index is 301. The quantitative estimate of drug-likeness (QED) is 0.756. The van der Waals surface area contributed by atoms with E-state index in [2.05, 4.69) is 19.2 Å². The fourth-order valence-electron chi connectivity index (χ4n) is 2.43. The van der Waals surface area contributed by atoms with Gasteiger partial charge in [0.1, 0.15) is 0 Å². The van der Waals surface area contributed by atoms with Crippen molar-refractivity contribution in [2.24, 2.45) is 11.3 Å². The van der Waals surface area contributed by atoms with Crippen LogP contribution >= 0.6 is 0 Å². The molecule has 0 aromatic rings. The number of rotatable bonds is 5. The molecule has 5 heteroatoms. The van der Waals surface area contributed by atoms with E-state index in [4.69, 9.17) is 9.84 Å². The molecule has 2 unspecified atom stereocenters. The molecule has 0 aromatic carbocycles. The average Bonchev–Trinajstić information content (AvgIpc) is 2.57. The molecule has 0 spiro atoms. The predicted octanol–water partition coefficient (Wildman–Crippen LogP) is 1.03. The molecule has 2 N–H and O–H groups in total. The van der Waals surface area contributed by atoms with E-state index in [1.807, 2.05) is 0 Å².